The van der Waals surface area contributed by atoms with Gasteiger partial charge in [-0.05, 0) is 37.3 Å². The molecule has 0 atom stereocenters. The SMILES string of the molecule is Cc1nc2cccc3c2n1-c1ccc(Br)cc1O3. The Labute approximate surface area is 112 Å². The molecule has 0 unspecified atom stereocenters. The van der Waals surface area contributed by atoms with Crippen molar-refractivity contribution in [3.8, 4) is 17.2 Å². The molecule has 2 aromatic carbocycles. The first-order valence-electron chi connectivity index (χ1n) is 5.70. The van der Waals surface area contributed by atoms with Crippen LogP contribution in [-0.4, -0.2) is 9.55 Å². The van der Waals surface area contributed by atoms with Crippen molar-refractivity contribution in [3.63, 3.8) is 0 Å². The van der Waals surface area contributed by atoms with Gasteiger partial charge in [-0.1, -0.05) is 22.0 Å². The maximum Gasteiger partial charge on any atom is 0.153 e. The first-order chi connectivity index (χ1) is 8.74. The molecule has 18 heavy (non-hydrogen) atoms. The smallest absolute Gasteiger partial charge is 0.153 e. The van der Waals surface area contributed by atoms with E-state index in [0.29, 0.717) is 0 Å². The molecule has 0 saturated carbocycles. The molecule has 1 aliphatic heterocycles. The van der Waals surface area contributed by atoms with Crippen molar-refractivity contribution < 1.29 is 4.74 Å². The third kappa shape index (κ3) is 1.21. The second-order valence-electron chi connectivity index (χ2n) is 4.33. The Morgan fingerprint density at radius 1 is 1.17 bits per heavy atom. The van der Waals surface area contributed by atoms with E-state index in [-0.39, 0.29) is 0 Å². The summed E-state index contributed by atoms with van der Waals surface area (Å²) in [6.45, 7) is 2.01. The summed E-state index contributed by atoms with van der Waals surface area (Å²) in [4.78, 5) is 4.58. The molecule has 0 radical (unpaired) electrons. The highest BCUT2D eigenvalue weighted by Crippen LogP contribution is 2.41. The molecule has 88 valence electrons. The van der Waals surface area contributed by atoms with Crippen LogP contribution in [0.15, 0.2) is 40.9 Å². The number of rotatable bonds is 0. The molecule has 1 aliphatic rings. The summed E-state index contributed by atoms with van der Waals surface area (Å²) in [6, 6.07) is 12.0. The average molecular weight is 301 g/mol. The highest BCUT2D eigenvalue weighted by atomic mass is 79.9. The predicted octanol–water partition coefficient (Wildman–Crippen LogP) is 4.20. The zero-order chi connectivity index (χ0) is 12.3. The van der Waals surface area contributed by atoms with Crippen LogP contribution in [0.1, 0.15) is 5.82 Å². The summed E-state index contributed by atoms with van der Waals surface area (Å²) in [5, 5.41) is 0. The Kier molecular flexibility index (Phi) is 1.89. The minimum atomic E-state index is 0.852. The van der Waals surface area contributed by atoms with Crippen molar-refractivity contribution in [3.05, 3.63) is 46.7 Å². The largest absolute Gasteiger partial charge is 0.453 e. The fourth-order valence-corrected chi connectivity index (χ4v) is 2.80. The van der Waals surface area contributed by atoms with Gasteiger partial charge in [-0.25, -0.2) is 4.98 Å². The summed E-state index contributed by atoms with van der Waals surface area (Å²) in [5.74, 6) is 2.69. The van der Waals surface area contributed by atoms with E-state index in [4.69, 9.17) is 4.74 Å². The third-order valence-electron chi connectivity index (χ3n) is 3.19. The Bertz CT molecular complexity index is 792. The summed E-state index contributed by atoms with van der Waals surface area (Å²) in [7, 11) is 0. The van der Waals surface area contributed by atoms with E-state index in [0.717, 1.165) is 38.5 Å². The molecule has 3 nitrogen and oxygen atoms in total. The van der Waals surface area contributed by atoms with E-state index in [2.05, 4.69) is 25.5 Å². The van der Waals surface area contributed by atoms with Gasteiger partial charge in [0.15, 0.2) is 11.5 Å². The maximum atomic E-state index is 5.95. The van der Waals surface area contributed by atoms with Crippen molar-refractivity contribution in [2.75, 3.05) is 0 Å². The zero-order valence-corrected chi connectivity index (χ0v) is 11.2. The van der Waals surface area contributed by atoms with Crippen LogP contribution in [0, 0.1) is 6.92 Å². The van der Waals surface area contributed by atoms with Crippen LogP contribution in [0.2, 0.25) is 0 Å². The van der Waals surface area contributed by atoms with E-state index < -0.39 is 0 Å². The zero-order valence-electron chi connectivity index (χ0n) is 9.64. The Morgan fingerprint density at radius 2 is 2.06 bits per heavy atom. The number of aryl methyl sites for hydroxylation is 1. The molecule has 2 heterocycles. The number of halogens is 1. The van der Waals surface area contributed by atoms with Crippen LogP contribution in [-0.2, 0) is 0 Å². The number of hydrogen-bond donors (Lipinski definition) is 0. The van der Waals surface area contributed by atoms with Crippen LogP contribution in [0.4, 0.5) is 0 Å². The van der Waals surface area contributed by atoms with E-state index in [1.807, 2.05) is 43.3 Å². The number of aromatic nitrogens is 2. The van der Waals surface area contributed by atoms with Crippen molar-refractivity contribution in [1.29, 1.82) is 0 Å². The second-order valence-corrected chi connectivity index (χ2v) is 5.25. The lowest BCUT2D eigenvalue weighted by Gasteiger charge is -2.20. The van der Waals surface area contributed by atoms with E-state index in [1.165, 1.54) is 0 Å². The standard InChI is InChI=1S/C14H9BrN2O/c1-8-16-10-3-2-4-12-14(10)17(8)11-6-5-9(15)7-13(11)18-12/h2-7H,1H3. The molecule has 0 spiro atoms. The monoisotopic (exact) mass is 300 g/mol. The molecule has 0 bridgehead atoms. The van der Waals surface area contributed by atoms with Crippen LogP contribution in [0.5, 0.6) is 11.5 Å². The van der Waals surface area contributed by atoms with Crippen LogP contribution in [0.25, 0.3) is 16.7 Å². The molecular weight excluding hydrogens is 292 g/mol. The third-order valence-corrected chi connectivity index (χ3v) is 3.68. The highest BCUT2D eigenvalue weighted by Gasteiger charge is 2.22. The number of para-hydroxylation sites is 1. The fraction of sp³-hybridized carbons (Fsp3) is 0.0714. The van der Waals surface area contributed by atoms with Crippen molar-refractivity contribution >= 4 is 27.0 Å². The van der Waals surface area contributed by atoms with Gasteiger partial charge >= 0.3 is 0 Å². The van der Waals surface area contributed by atoms with Gasteiger partial charge in [-0.2, -0.15) is 0 Å². The number of nitrogens with zero attached hydrogens (tertiary/aromatic N) is 2. The lowest BCUT2D eigenvalue weighted by Crippen LogP contribution is -2.05. The molecule has 1 aromatic heterocycles. The maximum absolute atomic E-state index is 5.95. The number of hydrogen-bond acceptors (Lipinski definition) is 2. The summed E-state index contributed by atoms with van der Waals surface area (Å²) in [5.41, 5.74) is 3.06. The molecule has 3 aromatic rings. The van der Waals surface area contributed by atoms with Crippen LogP contribution >= 0.6 is 15.9 Å². The lowest BCUT2D eigenvalue weighted by molar-refractivity contribution is 0.474. The molecule has 0 saturated heterocycles. The van der Waals surface area contributed by atoms with Gasteiger partial charge in [-0.15, -0.1) is 0 Å². The van der Waals surface area contributed by atoms with Crippen molar-refractivity contribution in [1.82, 2.24) is 9.55 Å². The predicted molar refractivity (Wildman–Crippen MR) is 73.6 cm³/mol. The second kappa shape index (κ2) is 3.36. The first kappa shape index (κ1) is 10.1. The summed E-state index contributed by atoms with van der Waals surface area (Å²) < 4.78 is 9.11. The average Bonchev–Trinajstić information content (AvgIpc) is 2.68. The number of fused-ring (bicyclic) bond motifs is 2. The number of ether oxygens (including phenoxy) is 1. The first-order valence-corrected chi connectivity index (χ1v) is 6.49. The minimum Gasteiger partial charge on any atom is -0.453 e. The van der Waals surface area contributed by atoms with Gasteiger partial charge in [-0.3, -0.25) is 4.57 Å². The van der Waals surface area contributed by atoms with E-state index in [9.17, 15) is 0 Å². The molecule has 0 fully saturated rings. The van der Waals surface area contributed by atoms with E-state index in [1.54, 1.807) is 0 Å². The summed E-state index contributed by atoms with van der Waals surface area (Å²) in [6.07, 6.45) is 0. The van der Waals surface area contributed by atoms with Gasteiger partial charge < -0.3 is 4.74 Å². The van der Waals surface area contributed by atoms with Gasteiger partial charge in [0.05, 0.1) is 11.2 Å². The quantitative estimate of drug-likeness (QED) is 0.486. The molecule has 4 heteroatoms. The van der Waals surface area contributed by atoms with E-state index >= 15 is 0 Å². The number of benzene rings is 2. The molecule has 4 rings (SSSR count). The topological polar surface area (TPSA) is 27.1 Å². The highest BCUT2D eigenvalue weighted by molar-refractivity contribution is 9.10. The molecule has 0 amide bonds. The Balaban J connectivity index is 2.19. The van der Waals surface area contributed by atoms with Crippen molar-refractivity contribution in [2.45, 2.75) is 6.92 Å². The van der Waals surface area contributed by atoms with Gasteiger partial charge in [0.25, 0.3) is 0 Å². The van der Waals surface area contributed by atoms with Crippen LogP contribution in [0.3, 0.4) is 0 Å². The molecule has 0 N–H and O–H groups in total. The Morgan fingerprint density at radius 3 is 2.94 bits per heavy atom. The number of imidazole rings is 1. The molecule has 0 aliphatic carbocycles. The van der Waals surface area contributed by atoms with Gasteiger partial charge in [0.1, 0.15) is 11.3 Å². The fourth-order valence-electron chi connectivity index (χ4n) is 2.46. The van der Waals surface area contributed by atoms with Crippen LogP contribution < -0.4 is 4.74 Å². The minimum absolute atomic E-state index is 0.852. The molecular formula is C14H9BrN2O. The van der Waals surface area contributed by atoms with Gasteiger partial charge in [0, 0.05) is 4.47 Å². The lowest BCUT2D eigenvalue weighted by atomic mass is 10.2. The summed E-state index contributed by atoms with van der Waals surface area (Å²) >= 11 is 3.47. The Hall–Kier alpha value is -1.81. The van der Waals surface area contributed by atoms with Gasteiger partial charge in [0.2, 0.25) is 0 Å². The van der Waals surface area contributed by atoms with Crippen molar-refractivity contribution in [2.24, 2.45) is 0 Å². The normalized spacial score (nSPS) is 12.3.